The zero-order valence-electron chi connectivity index (χ0n) is 59.0. The number of nitrogens with zero attached hydrogens (tertiary/aromatic N) is 6. The van der Waals surface area contributed by atoms with Crippen LogP contribution in [0.15, 0.2) is 364 Å². The van der Waals surface area contributed by atoms with Crippen molar-refractivity contribution < 1.29 is 0 Å². The van der Waals surface area contributed by atoms with Crippen molar-refractivity contribution in [2.45, 2.75) is 24.8 Å². The minimum absolute atomic E-state index is 0.0730. The predicted molar refractivity (Wildman–Crippen MR) is 452 cm³/mol. The van der Waals surface area contributed by atoms with Crippen LogP contribution in [0.3, 0.4) is 0 Å². The lowest BCUT2D eigenvalue weighted by molar-refractivity contribution is 0.725. The molecular formula is C102H68N6. The number of rotatable bonds is 10. The second-order valence-electron chi connectivity index (χ2n) is 29.4. The highest BCUT2D eigenvalue weighted by molar-refractivity contribution is 6.29. The first kappa shape index (κ1) is 60.5. The molecule has 3 aliphatic rings. The van der Waals surface area contributed by atoms with Gasteiger partial charge in [0.05, 0.1) is 55.9 Å². The van der Waals surface area contributed by atoms with Crippen LogP contribution in [0.25, 0.3) is 172 Å². The standard InChI is InChI=1S/C102H68N6/c1-4-32-73(33-5-1)103-89-48-18-12-42-81(89)99-93(103)52-54-95-101(99)83-44-14-20-50-91(83)106(95)76-38-24-30-69(59-76)65-26-22-28-67(56-65)71-58-72(62-78(61-71)108-92-51-21-15-45-84(92)102-96(108)55-53-94-100(102)82-43-13-19-49-90(82)104(94)74-34-6-2-7-35-74)68-29-23-27-66(57-68)70-31-25-39-77(60-70)107-88-47-17-11-41-80(88)86-63-85-79-40-10-16-46-87(79)105(97(85)64-98(86)107)75-36-8-3-9-37-75/h1-9,11-39,41-64,95,101H,10,40H2. The Morgan fingerprint density at radius 3 is 1.30 bits per heavy atom. The van der Waals surface area contributed by atoms with Crippen LogP contribution in [-0.4, -0.2) is 28.9 Å². The third-order valence-corrected chi connectivity index (χ3v) is 23.6. The molecule has 108 heavy (non-hydrogen) atoms. The van der Waals surface area contributed by atoms with E-state index in [0.717, 1.165) is 85.4 Å². The molecule has 0 saturated carbocycles. The largest absolute Gasteiger partial charge is 0.333 e. The van der Waals surface area contributed by atoms with Crippen molar-refractivity contribution in [3.05, 3.63) is 392 Å². The van der Waals surface area contributed by atoms with E-state index >= 15 is 0 Å². The topological polar surface area (TPSA) is 27.9 Å². The number of aromatic nitrogens is 5. The molecule has 5 aromatic heterocycles. The Hall–Kier alpha value is -13.9. The van der Waals surface area contributed by atoms with Crippen molar-refractivity contribution in [1.29, 1.82) is 0 Å². The summed E-state index contributed by atoms with van der Waals surface area (Å²) in [6, 6.07) is 131. The highest BCUT2D eigenvalue weighted by Crippen LogP contribution is 2.55. The first-order valence-electron chi connectivity index (χ1n) is 37.8. The van der Waals surface area contributed by atoms with Crippen LogP contribution in [0.4, 0.5) is 11.4 Å². The molecule has 6 nitrogen and oxygen atoms in total. The van der Waals surface area contributed by atoms with E-state index in [0.29, 0.717) is 0 Å². The first-order valence-corrected chi connectivity index (χ1v) is 37.8. The van der Waals surface area contributed by atoms with Crippen LogP contribution in [0, 0.1) is 0 Å². The second kappa shape index (κ2) is 23.8. The van der Waals surface area contributed by atoms with Gasteiger partial charge in [-0.3, -0.25) is 0 Å². The van der Waals surface area contributed by atoms with Crippen molar-refractivity contribution in [1.82, 2.24) is 22.8 Å². The van der Waals surface area contributed by atoms with Gasteiger partial charge in [0, 0.05) is 94.5 Å². The molecule has 6 heteroatoms. The lowest BCUT2D eigenvalue weighted by atomic mass is 9.82. The van der Waals surface area contributed by atoms with Gasteiger partial charge in [-0.1, -0.05) is 218 Å². The SMILES string of the molecule is C1=Cc2c(c3cc4c5ccccc5n(-c5cccc(-c6cccc(-c7cc(-c8cccc(-c9cccc(N%10c%11ccccc%11C%11c%12c(n(-c%13ccccc%13)c%13ccccc%12%13)C=CC%11%10)c9)c8)cc(-n8c9ccccc9c9c%10c%11ccccc%11n(-c%11ccccc%11)c%10ccc98)c7)c6)c5)c4cc3n2-c2ccccc2)CC1. The number of hydrogen-bond acceptors (Lipinski definition) is 1. The Kier molecular flexibility index (Phi) is 13.3. The molecule has 506 valence electrons. The summed E-state index contributed by atoms with van der Waals surface area (Å²) < 4.78 is 12.4. The molecule has 1 aliphatic heterocycles. The second-order valence-corrected chi connectivity index (χ2v) is 29.4. The summed E-state index contributed by atoms with van der Waals surface area (Å²) in [5, 5.41) is 10.1. The quantitative estimate of drug-likeness (QED) is 0.134. The molecule has 2 unspecified atom stereocenters. The molecule has 15 aromatic carbocycles. The van der Waals surface area contributed by atoms with Crippen LogP contribution >= 0.6 is 0 Å². The van der Waals surface area contributed by atoms with E-state index < -0.39 is 0 Å². The Morgan fingerprint density at radius 2 is 0.676 bits per heavy atom. The number of aryl methyl sites for hydroxylation is 1. The summed E-state index contributed by atoms with van der Waals surface area (Å²) in [7, 11) is 0. The maximum absolute atomic E-state index is 2.59. The average Bonchev–Trinajstić information content (AvgIpc) is 1.56. The van der Waals surface area contributed by atoms with Gasteiger partial charge in [-0.25, -0.2) is 0 Å². The molecule has 23 rings (SSSR count). The summed E-state index contributed by atoms with van der Waals surface area (Å²) in [6.45, 7) is 0. The maximum atomic E-state index is 2.59. The first-order chi connectivity index (χ1) is 53.6. The van der Waals surface area contributed by atoms with Crippen molar-refractivity contribution in [2.24, 2.45) is 0 Å². The van der Waals surface area contributed by atoms with Crippen LogP contribution < -0.4 is 4.90 Å². The van der Waals surface area contributed by atoms with Gasteiger partial charge < -0.3 is 27.7 Å². The summed E-state index contributed by atoms with van der Waals surface area (Å²) in [5.74, 6) is 0.131. The third kappa shape index (κ3) is 9.07. The fourth-order valence-electron chi connectivity index (χ4n) is 19.1. The molecule has 0 saturated heterocycles. The van der Waals surface area contributed by atoms with Crippen molar-refractivity contribution >= 4 is 111 Å². The summed E-state index contributed by atoms with van der Waals surface area (Å²) in [5.41, 5.74) is 33.5. The smallest absolute Gasteiger partial charge is 0.0637 e. The molecule has 2 atom stereocenters. The number of hydrogen-bond donors (Lipinski definition) is 0. The normalized spacial score (nSPS) is 14.5. The summed E-state index contributed by atoms with van der Waals surface area (Å²) in [4.78, 5) is 2.59. The van der Waals surface area contributed by atoms with Gasteiger partial charge in [0.2, 0.25) is 0 Å². The van der Waals surface area contributed by atoms with Gasteiger partial charge in [0.1, 0.15) is 0 Å². The number of allylic oxidation sites excluding steroid dienone is 1. The van der Waals surface area contributed by atoms with Crippen molar-refractivity contribution in [3.8, 4) is 72.9 Å². The molecule has 2 aliphatic carbocycles. The lowest BCUT2D eigenvalue weighted by Crippen LogP contribution is -2.30. The Labute approximate surface area is 624 Å². The van der Waals surface area contributed by atoms with Gasteiger partial charge in [-0.15, -0.1) is 0 Å². The molecule has 0 radical (unpaired) electrons. The van der Waals surface area contributed by atoms with E-state index in [1.54, 1.807) is 0 Å². The fraction of sp³-hybridized carbons (Fsp3) is 0.0392. The molecule has 6 heterocycles. The summed E-state index contributed by atoms with van der Waals surface area (Å²) >= 11 is 0. The average molecular weight is 1380 g/mol. The molecule has 20 aromatic rings. The minimum atomic E-state index is 0.0730. The van der Waals surface area contributed by atoms with E-state index in [2.05, 4.69) is 404 Å². The van der Waals surface area contributed by atoms with Crippen LogP contribution in [0.2, 0.25) is 0 Å². The monoisotopic (exact) mass is 1380 g/mol. The van der Waals surface area contributed by atoms with E-state index in [-0.39, 0.29) is 12.0 Å². The van der Waals surface area contributed by atoms with Crippen molar-refractivity contribution in [2.75, 3.05) is 4.90 Å². The molecular weight excluding hydrogens is 1310 g/mol. The van der Waals surface area contributed by atoms with Crippen LogP contribution in [-0.2, 0) is 6.42 Å². The maximum Gasteiger partial charge on any atom is 0.0637 e. The highest BCUT2D eigenvalue weighted by Gasteiger charge is 2.43. The zero-order chi connectivity index (χ0) is 70.7. The van der Waals surface area contributed by atoms with Crippen LogP contribution in [0.1, 0.15) is 40.4 Å². The Balaban J connectivity index is 0.676. The van der Waals surface area contributed by atoms with E-state index in [9.17, 15) is 0 Å². The number of para-hydroxylation sites is 8. The summed E-state index contributed by atoms with van der Waals surface area (Å²) in [6.07, 6.45) is 11.6. The number of fused-ring (bicyclic) bond motifs is 20. The van der Waals surface area contributed by atoms with Gasteiger partial charge in [-0.2, -0.15) is 0 Å². The molecule has 0 bridgehead atoms. The Morgan fingerprint density at radius 1 is 0.250 bits per heavy atom. The third-order valence-electron chi connectivity index (χ3n) is 23.6. The van der Waals surface area contributed by atoms with Gasteiger partial charge in [0.15, 0.2) is 0 Å². The van der Waals surface area contributed by atoms with Crippen molar-refractivity contribution in [3.63, 3.8) is 0 Å². The Bertz CT molecular complexity index is 7190. The number of anilines is 2. The molecule has 0 spiro atoms. The van der Waals surface area contributed by atoms with E-state index in [1.807, 2.05) is 0 Å². The fourth-order valence-corrected chi connectivity index (χ4v) is 19.1. The van der Waals surface area contributed by atoms with Gasteiger partial charge >= 0.3 is 0 Å². The van der Waals surface area contributed by atoms with E-state index in [4.69, 9.17) is 0 Å². The van der Waals surface area contributed by atoms with Crippen LogP contribution in [0.5, 0.6) is 0 Å². The minimum Gasteiger partial charge on any atom is -0.333 e. The highest BCUT2D eigenvalue weighted by atomic mass is 15.2. The molecule has 0 fully saturated rings. The lowest BCUT2D eigenvalue weighted by Gasteiger charge is -2.31. The van der Waals surface area contributed by atoms with E-state index in [1.165, 1.54) is 127 Å². The van der Waals surface area contributed by atoms with Gasteiger partial charge in [0.25, 0.3) is 0 Å². The van der Waals surface area contributed by atoms with Gasteiger partial charge in [-0.05, 0) is 232 Å². The predicted octanol–water partition coefficient (Wildman–Crippen LogP) is 26.2. The molecule has 0 N–H and O–H groups in total. The number of benzene rings is 15. The zero-order valence-corrected chi connectivity index (χ0v) is 59.0. The molecule has 0 amide bonds.